The number of benzene rings is 3. The molecule has 0 saturated carbocycles. The van der Waals surface area contributed by atoms with E-state index in [4.69, 9.17) is 11.6 Å². The lowest BCUT2D eigenvalue weighted by molar-refractivity contribution is -0.128. The third kappa shape index (κ3) is 4.69. The van der Waals surface area contributed by atoms with E-state index in [0.717, 1.165) is 16.7 Å². The summed E-state index contributed by atoms with van der Waals surface area (Å²) in [6.45, 7) is 0.954. The zero-order chi connectivity index (χ0) is 20.9. The highest BCUT2D eigenvalue weighted by Gasteiger charge is 2.32. The number of nitrogens with zero attached hydrogens (tertiary/aromatic N) is 1. The van der Waals surface area contributed by atoms with Crippen molar-refractivity contribution >= 4 is 35.2 Å². The Kier molecular flexibility index (Phi) is 6.41. The Bertz CT molecular complexity index is 1040. The van der Waals surface area contributed by atoms with E-state index in [1.807, 2.05) is 65.6 Å². The number of rotatable bonds is 6. The monoisotopic (exact) mass is 436 g/mol. The Morgan fingerprint density at radius 1 is 1.00 bits per heavy atom. The Hall–Kier alpha value is -2.76. The van der Waals surface area contributed by atoms with Gasteiger partial charge in [-0.1, -0.05) is 72.3 Å². The van der Waals surface area contributed by atoms with Gasteiger partial charge in [0.05, 0.1) is 5.75 Å². The molecule has 1 aliphatic rings. The lowest BCUT2D eigenvalue weighted by atomic mass is 10.1. The topological polar surface area (TPSA) is 49.4 Å². The fraction of sp³-hybridized carbons (Fsp3) is 0.167. The second kappa shape index (κ2) is 9.37. The first-order valence-electron chi connectivity index (χ1n) is 9.68. The van der Waals surface area contributed by atoms with E-state index in [9.17, 15) is 9.59 Å². The summed E-state index contributed by atoms with van der Waals surface area (Å²) >= 11 is 7.76. The molecule has 0 aliphatic carbocycles. The van der Waals surface area contributed by atoms with Gasteiger partial charge in [0.1, 0.15) is 5.37 Å². The van der Waals surface area contributed by atoms with Crippen LogP contribution < -0.4 is 5.32 Å². The van der Waals surface area contributed by atoms with E-state index < -0.39 is 0 Å². The summed E-state index contributed by atoms with van der Waals surface area (Å²) in [5, 5.41) is 3.49. The summed E-state index contributed by atoms with van der Waals surface area (Å²) < 4.78 is 0. The van der Waals surface area contributed by atoms with E-state index in [1.165, 1.54) is 0 Å². The summed E-state index contributed by atoms with van der Waals surface area (Å²) in [4.78, 5) is 26.8. The molecule has 1 heterocycles. The van der Waals surface area contributed by atoms with E-state index in [-0.39, 0.29) is 17.2 Å². The summed E-state index contributed by atoms with van der Waals surface area (Å²) in [6.07, 6.45) is 0. The van der Waals surface area contributed by atoms with Crippen LogP contribution in [0.15, 0.2) is 78.9 Å². The van der Waals surface area contributed by atoms with Crippen molar-refractivity contribution in [3.8, 4) is 0 Å². The molecule has 1 saturated heterocycles. The molecule has 1 fully saturated rings. The Morgan fingerprint density at radius 3 is 2.43 bits per heavy atom. The largest absolute Gasteiger partial charge is 0.348 e. The predicted octanol–water partition coefficient (Wildman–Crippen LogP) is 5.04. The molecule has 1 N–H and O–H groups in total. The Labute approximate surface area is 185 Å². The van der Waals surface area contributed by atoms with Crippen molar-refractivity contribution in [3.05, 3.63) is 106 Å². The summed E-state index contributed by atoms with van der Waals surface area (Å²) in [6, 6.07) is 24.9. The molecule has 3 aromatic carbocycles. The molecule has 4 rings (SSSR count). The van der Waals surface area contributed by atoms with Gasteiger partial charge in [0.2, 0.25) is 5.91 Å². The number of hydrogen-bond donors (Lipinski definition) is 1. The molecule has 30 heavy (non-hydrogen) atoms. The van der Waals surface area contributed by atoms with Crippen molar-refractivity contribution in [2.45, 2.75) is 18.5 Å². The molecule has 0 radical (unpaired) electrons. The van der Waals surface area contributed by atoms with Crippen LogP contribution in [0.3, 0.4) is 0 Å². The minimum atomic E-state index is -0.155. The number of nitrogens with one attached hydrogen (secondary N) is 1. The number of carbonyl (C=O) groups excluding carboxylic acids is 2. The van der Waals surface area contributed by atoms with Crippen LogP contribution in [-0.4, -0.2) is 22.5 Å². The van der Waals surface area contributed by atoms with Crippen LogP contribution in [0.4, 0.5) is 0 Å². The van der Waals surface area contributed by atoms with Crippen molar-refractivity contribution in [2.75, 3.05) is 5.75 Å². The first-order valence-corrected chi connectivity index (χ1v) is 11.1. The van der Waals surface area contributed by atoms with Gasteiger partial charge in [-0.15, -0.1) is 11.8 Å². The normalized spacial score (nSPS) is 16.0. The smallest absolute Gasteiger partial charge is 0.251 e. The molecule has 4 nitrogen and oxygen atoms in total. The first-order chi connectivity index (χ1) is 14.6. The van der Waals surface area contributed by atoms with Crippen LogP contribution in [0, 0.1) is 0 Å². The minimum Gasteiger partial charge on any atom is -0.348 e. The lowest BCUT2D eigenvalue weighted by Gasteiger charge is -2.24. The van der Waals surface area contributed by atoms with E-state index in [0.29, 0.717) is 29.4 Å². The molecule has 152 valence electrons. The molecular formula is C24H21ClN2O2S. The van der Waals surface area contributed by atoms with Crippen LogP contribution in [0.25, 0.3) is 0 Å². The zero-order valence-electron chi connectivity index (χ0n) is 16.3. The van der Waals surface area contributed by atoms with Crippen LogP contribution in [0.1, 0.15) is 32.4 Å². The molecule has 6 heteroatoms. The van der Waals surface area contributed by atoms with Gasteiger partial charge in [-0.2, -0.15) is 0 Å². The van der Waals surface area contributed by atoms with Crippen molar-refractivity contribution in [1.82, 2.24) is 10.2 Å². The molecule has 0 aromatic heterocycles. The molecule has 0 unspecified atom stereocenters. The lowest BCUT2D eigenvalue weighted by Crippen LogP contribution is -2.27. The maximum atomic E-state index is 12.5. The number of thioether (sulfide) groups is 1. The molecule has 1 atom stereocenters. The van der Waals surface area contributed by atoms with Crippen LogP contribution >= 0.6 is 23.4 Å². The number of amides is 2. The quantitative estimate of drug-likeness (QED) is 0.588. The highest BCUT2D eigenvalue weighted by atomic mass is 35.5. The fourth-order valence-electron chi connectivity index (χ4n) is 3.40. The highest BCUT2D eigenvalue weighted by molar-refractivity contribution is 8.00. The Morgan fingerprint density at radius 2 is 1.70 bits per heavy atom. The predicted molar refractivity (Wildman–Crippen MR) is 121 cm³/mol. The van der Waals surface area contributed by atoms with Gasteiger partial charge in [-0.3, -0.25) is 9.59 Å². The van der Waals surface area contributed by atoms with Gasteiger partial charge < -0.3 is 10.2 Å². The molecule has 0 spiro atoms. The SMILES string of the molecule is O=C(NCc1ccccc1Cl)c1ccc([C@H]2SCC(=O)N2Cc2ccccc2)cc1. The van der Waals surface area contributed by atoms with Crippen LogP contribution in [0.2, 0.25) is 5.02 Å². The molecule has 2 amide bonds. The standard InChI is InChI=1S/C24H21ClN2O2S/c25-21-9-5-4-8-20(21)14-26-23(29)18-10-12-19(13-11-18)24-27(22(28)16-30-24)15-17-6-2-1-3-7-17/h1-13,24H,14-16H2,(H,26,29)/t24-/m1/s1. The fourth-order valence-corrected chi connectivity index (χ4v) is 4.79. The average molecular weight is 437 g/mol. The molecule has 0 bridgehead atoms. The van der Waals surface area contributed by atoms with E-state index in [2.05, 4.69) is 5.32 Å². The van der Waals surface area contributed by atoms with Gasteiger partial charge in [-0.25, -0.2) is 0 Å². The summed E-state index contributed by atoms with van der Waals surface area (Å²) in [7, 11) is 0. The third-order valence-electron chi connectivity index (χ3n) is 5.02. The second-order valence-electron chi connectivity index (χ2n) is 7.07. The molecule has 3 aromatic rings. The highest BCUT2D eigenvalue weighted by Crippen LogP contribution is 2.39. The van der Waals surface area contributed by atoms with Gasteiger partial charge in [0.15, 0.2) is 0 Å². The van der Waals surface area contributed by atoms with Crippen molar-refractivity contribution in [1.29, 1.82) is 0 Å². The van der Waals surface area contributed by atoms with Gasteiger partial charge in [0, 0.05) is 23.7 Å². The number of carbonyl (C=O) groups is 2. The maximum Gasteiger partial charge on any atom is 0.251 e. The van der Waals surface area contributed by atoms with Crippen molar-refractivity contribution < 1.29 is 9.59 Å². The van der Waals surface area contributed by atoms with Gasteiger partial charge in [-0.05, 0) is 34.9 Å². The maximum absolute atomic E-state index is 12.5. The van der Waals surface area contributed by atoms with Crippen LogP contribution in [-0.2, 0) is 17.9 Å². The summed E-state index contributed by atoms with van der Waals surface area (Å²) in [5.74, 6) is 0.450. The van der Waals surface area contributed by atoms with E-state index in [1.54, 1.807) is 30.0 Å². The summed E-state index contributed by atoms with van der Waals surface area (Å²) in [5.41, 5.74) is 3.58. The number of hydrogen-bond acceptors (Lipinski definition) is 3. The Balaban J connectivity index is 1.42. The molecule has 1 aliphatic heterocycles. The second-order valence-corrected chi connectivity index (χ2v) is 8.54. The third-order valence-corrected chi connectivity index (χ3v) is 6.64. The molecular weight excluding hydrogens is 416 g/mol. The number of halogens is 1. The average Bonchev–Trinajstić information content (AvgIpc) is 3.14. The van der Waals surface area contributed by atoms with Gasteiger partial charge in [0.25, 0.3) is 5.91 Å². The van der Waals surface area contributed by atoms with Crippen molar-refractivity contribution in [2.24, 2.45) is 0 Å². The van der Waals surface area contributed by atoms with Crippen LogP contribution in [0.5, 0.6) is 0 Å². The van der Waals surface area contributed by atoms with Gasteiger partial charge >= 0.3 is 0 Å². The van der Waals surface area contributed by atoms with Crippen molar-refractivity contribution in [3.63, 3.8) is 0 Å². The zero-order valence-corrected chi connectivity index (χ0v) is 17.8. The first kappa shape index (κ1) is 20.5. The minimum absolute atomic E-state index is 0.0436. The van der Waals surface area contributed by atoms with E-state index >= 15 is 0 Å².